The first-order valence-corrected chi connectivity index (χ1v) is 17.2. The molecule has 9 nitrogen and oxygen atoms in total. The van der Waals surface area contributed by atoms with Crippen molar-refractivity contribution in [2.24, 2.45) is 17.8 Å². The number of aromatic hydroxyl groups is 2. The minimum Gasteiger partial charge on any atom is -0.508 e. The van der Waals surface area contributed by atoms with Gasteiger partial charge < -0.3 is 14.9 Å². The second-order valence-electron chi connectivity index (χ2n) is 11.4. The van der Waals surface area contributed by atoms with E-state index in [1.807, 2.05) is 6.08 Å². The maximum atomic E-state index is 14.1. The first-order chi connectivity index (χ1) is 20.8. The standard InChI is InChI=1S/C30H25Br3Cl2N2O7/c1-44-19-10-17(22(32)23(33)24(19)39)21-15-6-7-16-20(18(15)11-29(34)27(42)37(12-31)28(43)30(21,29)35)26(41)36(25(16)40)9-8-13-2-4-14(38)5-3-13/h2-6,10,16,18,20-21,38-39H,7-9,11-12H2,1H3/t16-,18+,20-,21+,29+,30-/m0/s1. The van der Waals surface area contributed by atoms with Crippen LogP contribution in [0.4, 0.5) is 0 Å². The number of allylic oxidation sites excluding steroid dienone is 2. The van der Waals surface area contributed by atoms with Gasteiger partial charge in [0.1, 0.15) is 5.75 Å². The molecule has 0 radical (unpaired) electrons. The van der Waals surface area contributed by atoms with E-state index in [-0.39, 0.29) is 58.4 Å². The van der Waals surface area contributed by atoms with Crippen molar-refractivity contribution in [1.29, 1.82) is 0 Å². The minimum atomic E-state index is -2.00. The van der Waals surface area contributed by atoms with Gasteiger partial charge in [-0.2, -0.15) is 0 Å². The highest BCUT2D eigenvalue weighted by atomic mass is 79.9. The molecule has 4 aliphatic rings. The number of hydrogen-bond acceptors (Lipinski definition) is 7. The second kappa shape index (κ2) is 11.3. The molecule has 0 unspecified atom stereocenters. The first-order valence-electron chi connectivity index (χ1n) is 13.7. The van der Waals surface area contributed by atoms with Gasteiger partial charge in [0.05, 0.1) is 28.9 Å². The third kappa shape index (κ3) is 4.34. The van der Waals surface area contributed by atoms with Crippen molar-refractivity contribution in [3.8, 4) is 17.2 Å². The SMILES string of the molecule is COc1cc([C@H]2C3=CC[C@@H]4C(=O)N(CCc5ccc(O)cc5)C(=O)[C@@H]4[C@@H]3C[C@@]3(Cl)C(=O)N(CBr)C(=O)[C@@]23Cl)c(Br)c(Br)c1O. The lowest BCUT2D eigenvalue weighted by molar-refractivity contribution is -0.141. The number of halogens is 5. The number of ether oxygens (including phenoxy) is 1. The first kappa shape index (κ1) is 31.8. The number of amides is 4. The Balaban J connectivity index is 1.46. The highest BCUT2D eigenvalue weighted by Crippen LogP contribution is 2.66. The number of methoxy groups -OCH3 is 1. The van der Waals surface area contributed by atoms with Crippen LogP contribution in [0.1, 0.15) is 29.9 Å². The van der Waals surface area contributed by atoms with E-state index in [9.17, 15) is 29.4 Å². The summed E-state index contributed by atoms with van der Waals surface area (Å²) in [6, 6.07) is 8.09. The van der Waals surface area contributed by atoms with Gasteiger partial charge in [-0.3, -0.25) is 29.0 Å². The fourth-order valence-electron chi connectivity index (χ4n) is 7.27. The zero-order valence-electron chi connectivity index (χ0n) is 23.0. The van der Waals surface area contributed by atoms with E-state index in [2.05, 4.69) is 47.8 Å². The highest BCUT2D eigenvalue weighted by Gasteiger charge is 2.76. The van der Waals surface area contributed by atoms with Crippen molar-refractivity contribution in [2.75, 3.05) is 19.1 Å². The summed E-state index contributed by atoms with van der Waals surface area (Å²) in [5.74, 6) is -5.23. The van der Waals surface area contributed by atoms with Crippen molar-refractivity contribution >= 4 is 94.6 Å². The molecule has 0 bridgehead atoms. The molecule has 2 aliphatic carbocycles. The molecule has 2 N–H and O–H groups in total. The van der Waals surface area contributed by atoms with Crippen LogP contribution in [0.2, 0.25) is 0 Å². The Morgan fingerprint density at radius 3 is 2.30 bits per heavy atom. The number of imide groups is 2. The predicted molar refractivity (Wildman–Crippen MR) is 172 cm³/mol. The lowest BCUT2D eigenvalue weighted by Crippen LogP contribution is -2.60. The molecule has 3 fully saturated rings. The number of carbonyl (C=O) groups excluding carboxylic acids is 4. The molecule has 232 valence electrons. The van der Waals surface area contributed by atoms with Crippen LogP contribution in [0.15, 0.2) is 50.9 Å². The van der Waals surface area contributed by atoms with Gasteiger partial charge >= 0.3 is 0 Å². The van der Waals surface area contributed by atoms with Crippen LogP contribution in [0, 0.1) is 17.8 Å². The summed E-state index contributed by atoms with van der Waals surface area (Å²) in [5, 5.41) is 20.3. The molecule has 6 atom stereocenters. The van der Waals surface area contributed by atoms with Crippen LogP contribution in [0.25, 0.3) is 0 Å². The van der Waals surface area contributed by atoms with Gasteiger partial charge in [-0.1, -0.05) is 39.7 Å². The lowest BCUT2D eigenvalue weighted by Gasteiger charge is -2.51. The van der Waals surface area contributed by atoms with Crippen LogP contribution in [0.3, 0.4) is 0 Å². The molecule has 2 saturated heterocycles. The molecule has 4 amide bonds. The number of fused-ring (bicyclic) bond motifs is 4. The van der Waals surface area contributed by atoms with Gasteiger partial charge in [0.15, 0.2) is 21.2 Å². The molecule has 0 spiro atoms. The van der Waals surface area contributed by atoms with E-state index in [0.717, 1.165) is 10.5 Å². The molecule has 14 heteroatoms. The number of carbonyl (C=O) groups is 4. The van der Waals surface area contributed by atoms with E-state index in [0.29, 0.717) is 22.0 Å². The summed E-state index contributed by atoms with van der Waals surface area (Å²) < 4.78 is 6.01. The lowest BCUT2D eigenvalue weighted by atomic mass is 9.56. The van der Waals surface area contributed by atoms with Crippen LogP contribution < -0.4 is 4.74 Å². The molecule has 0 aromatic heterocycles. The van der Waals surface area contributed by atoms with Gasteiger partial charge in [-0.05, 0) is 86.4 Å². The third-order valence-electron chi connectivity index (χ3n) is 9.37. The summed E-state index contributed by atoms with van der Waals surface area (Å²) in [5.41, 5.74) is 1.75. The molecule has 44 heavy (non-hydrogen) atoms. The summed E-state index contributed by atoms with van der Waals surface area (Å²) in [7, 11) is 1.38. The normalized spacial score (nSPS) is 31.2. The number of alkyl halides is 3. The van der Waals surface area contributed by atoms with E-state index in [1.165, 1.54) is 18.1 Å². The highest BCUT2D eigenvalue weighted by molar-refractivity contribution is 9.13. The summed E-state index contributed by atoms with van der Waals surface area (Å²) >= 11 is 24.7. The van der Waals surface area contributed by atoms with Crippen LogP contribution in [-0.2, 0) is 25.6 Å². The Morgan fingerprint density at radius 2 is 1.66 bits per heavy atom. The molecule has 2 aromatic rings. The molecular weight excluding hydrogens is 811 g/mol. The number of benzene rings is 2. The average Bonchev–Trinajstić information content (AvgIpc) is 3.33. The van der Waals surface area contributed by atoms with Crippen LogP contribution >= 0.6 is 71.0 Å². The van der Waals surface area contributed by atoms with E-state index in [1.54, 1.807) is 24.3 Å². The summed E-state index contributed by atoms with van der Waals surface area (Å²) in [6.07, 6.45) is 2.35. The smallest absolute Gasteiger partial charge is 0.254 e. The summed E-state index contributed by atoms with van der Waals surface area (Å²) in [6.45, 7) is 0.148. The fraction of sp³-hybridized carbons (Fsp3) is 0.400. The number of phenols is 2. The van der Waals surface area contributed by atoms with Gasteiger partial charge in [-0.25, -0.2) is 0 Å². The largest absolute Gasteiger partial charge is 0.508 e. The Bertz CT molecular complexity index is 1650. The maximum absolute atomic E-state index is 14.1. The number of hydrogen-bond donors (Lipinski definition) is 2. The average molecular weight is 836 g/mol. The predicted octanol–water partition coefficient (Wildman–Crippen LogP) is 5.59. The van der Waals surface area contributed by atoms with Crippen LogP contribution in [-0.4, -0.2) is 72.5 Å². The zero-order chi connectivity index (χ0) is 31.9. The summed E-state index contributed by atoms with van der Waals surface area (Å²) in [4.78, 5) is 53.8. The molecule has 2 aromatic carbocycles. The minimum absolute atomic E-state index is 0.0913. The Kier molecular flexibility index (Phi) is 8.17. The Hall–Kier alpha value is -2.12. The molecule has 6 rings (SSSR count). The number of rotatable bonds is 6. The molecule has 2 aliphatic heterocycles. The quantitative estimate of drug-likeness (QED) is 0.169. The van der Waals surface area contributed by atoms with Crippen molar-refractivity contribution in [3.05, 3.63) is 62.1 Å². The van der Waals surface area contributed by atoms with Gasteiger partial charge in [0.25, 0.3) is 11.8 Å². The Labute approximate surface area is 287 Å². The zero-order valence-corrected chi connectivity index (χ0v) is 29.3. The second-order valence-corrected chi connectivity index (χ2v) is 14.7. The topological polar surface area (TPSA) is 124 Å². The fourth-order valence-corrected chi connectivity index (χ4v) is 9.64. The van der Waals surface area contributed by atoms with E-state index in [4.69, 9.17) is 27.9 Å². The van der Waals surface area contributed by atoms with Crippen molar-refractivity contribution in [1.82, 2.24) is 9.80 Å². The monoisotopic (exact) mass is 832 g/mol. The van der Waals surface area contributed by atoms with E-state index >= 15 is 0 Å². The molecule has 1 saturated carbocycles. The van der Waals surface area contributed by atoms with Crippen molar-refractivity contribution in [3.63, 3.8) is 0 Å². The van der Waals surface area contributed by atoms with Gasteiger partial charge in [0.2, 0.25) is 11.8 Å². The van der Waals surface area contributed by atoms with Crippen LogP contribution in [0.5, 0.6) is 17.2 Å². The number of phenolic OH excluding ortho intramolecular Hbond substituents is 2. The van der Waals surface area contributed by atoms with Gasteiger partial charge in [0, 0.05) is 16.9 Å². The van der Waals surface area contributed by atoms with Crippen molar-refractivity contribution in [2.45, 2.75) is 34.9 Å². The maximum Gasteiger partial charge on any atom is 0.254 e. The number of likely N-dealkylation sites (tertiary alicyclic amines) is 2. The van der Waals surface area contributed by atoms with Crippen molar-refractivity contribution < 1.29 is 34.1 Å². The molecule has 2 heterocycles. The third-order valence-corrected chi connectivity index (χ3v) is 13.4. The number of nitrogens with zero attached hydrogens (tertiary/aromatic N) is 2. The Morgan fingerprint density at radius 1 is 0.977 bits per heavy atom. The van der Waals surface area contributed by atoms with Gasteiger partial charge in [-0.15, -0.1) is 23.2 Å². The molecular formula is C30H25Br3Cl2N2O7. The van der Waals surface area contributed by atoms with E-state index < -0.39 is 45.2 Å².